The lowest BCUT2D eigenvalue weighted by atomic mass is 10.0. The second-order valence-electron chi connectivity index (χ2n) is 5.90. The van der Waals surface area contributed by atoms with Crippen molar-refractivity contribution < 1.29 is 14.6 Å². The number of nitrogens with one attached hydrogen (secondary N) is 1. The van der Waals surface area contributed by atoms with Crippen LogP contribution in [0.25, 0.3) is 0 Å². The molecule has 0 radical (unpaired) electrons. The van der Waals surface area contributed by atoms with Crippen molar-refractivity contribution in [3.63, 3.8) is 0 Å². The highest BCUT2D eigenvalue weighted by Gasteiger charge is 2.35. The summed E-state index contributed by atoms with van der Waals surface area (Å²) in [4.78, 5) is 17.6. The molecule has 1 heterocycles. The molecule has 0 aliphatic carbocycles. The van der Waals surface area contributed by atoms with E-state index in [1.807, 2.05) is 20.8 Å². The number of aromatic nitrogens is 1. The highest BCUT2D eigenvalue weighted by Crippen LogP contribution is 2.23. The average Bonchev–Trinajstić information content (AvgIpc) is 2.41. The van der Waals surface area contributed by atoms with Crippen molar-refractivity contribution in [3.8, 4) is 0 Å². The van der Waals surface area contributed by atoms with Crippen molar-refractivity contribution >= 4 is 33.7 Å². The molecule has 2 unspecified atom stereocenters. The second kappa shape index (κ2) is 7.15. The molecule has 0 saturated heterocycles. The van der Waals surface area contributed by atoms with Crippen molar-refractivity contribution in [1.82, 2.24) is 9.88 Å². The molecule has 1 aromatic rings. The van der Waals surface area contributed by atoms with Crippen LogP contribution in [0.2, 0.25) is 0 Å². The van der Waals surface area contributed by atoms with Crippen LogP contribution in [0.4, 0.5) is 16.4 Å². The molecule has 0 aromatic carbocycles. The molecule has 1 rings (SSSR count). The van der Waals surface area contributed by atoms with E-state index in [9.17, 15) is 9.90 Å². The van der Waals surface area contributed by atoms with E-state index in [2.05, 4.69) is 26.2 Å². The first kappa shape index (κ1) is 18.5. The Morgan fingerprint density at radius 1 is 1.50 bits per heavy atom. The van der Waals surface area contributed by atoms with E-state index in [4.69, 9.17) is 10.5 Å². The number of nitrogens with two attached hydrogens (primary N) is 1. The Kier molecular flexibility index (Phi) is 6.01. The predicted octanol–water partition coefficient (Wildman–Crippen LogP) is 2.41. The molecule has 22 heavy (non-hydrogen) atoms. The van der Waals surface area contributed by atoms with Crippen LogP contribution < -0.4 is 11.1 Å². The molecule has 0 aliphatic rings. The summed E-state index contributed by atoms with van der Waals surface area (Å²) >= 11 is 3.26. The van der Waals surface area contributed by atoms with Crippen LogP contribution in [0.5, 0.6) is 0 Å². The number of hydrogen-bond donors (Lipinski definition) is 3. The van der Waals surface area contributed by atoms with E-state index in [1.165, 1.54) is 12.0 Å². The molecule has 1 amide bonds. The van der Waals surface area contributed by atoms with Crippen LogP contribution in [0.15, 0.2) is 16.6 Å². The van der Waals surface area contributed by atoms with Gasteiger partial charge in [0.25, 0.3) is 0 Å². The van der Waals surface area contributed by atoms with Crippen LogP contribution in [-0.2, 0) is 4.74 Å². The second-order valence-corrected chi connectivity index (χ2v) is 6.76. The maximum absolute atomic E-state index is 12.0. The largest absolute Gasteiger partial charge is 0.453 e. The Morgan fingerprint density at radius 2 is 2.09 bits per heavy atom. The lowest BCUT2D eigenvalue weighted by molar-refractivity contribution is 0.0176. The van der Waals surface area contributed by atoms with Gasteiger partial charge in [0.15, 0.2) is 0 Å². The number of nitrogen functional groups attached to an aromatic ring is 1. The fourth-order valence-corrected chi connectivity index (χ4v) is 2.32. The summed E-state index contributed by atoms with van der Waals surface area (Å²) < 4.78 is 5.47. The number of carbonyl (C=O) groups excluding carboxylic acids is 1. The van der Waals surface area contributed by atoms with E-state index < -0.39 is 23.9 Å². The summed E-state index contributed by atoms with van der Waals surface area (Å²) in [6, 6.07) is 2.86. The summed E-state index contributed by atoms with van der Waals surface area (Å²) in [7, 11) is 1.31. The van der Waals surface area contributed by atoms with Crippen molar-refractivity contribution in [1.29, 1.82) is 0 Å². The summed E-state index contributed by atoms with van der Waals surface area (Å²) in [5.41, 5.74) is 5.19. The monoisotopic (exact) mass is 374 g/mol. The van der Waals surface area contributed by atoms with Crippen LogP contribution >= 0.6 is 15.9 Å². The number of aliphatic hydroxyl groups is 1. The van der Waals surface area contributed by atoms with Gasteiger partial charge >= 0.3 is 6.09 Å². The first-order chi connectivity index (χ1) is 10.1. The van der Waals surface area contributed by atoms with E-state index in [-0.39, 0.29) is 0 Å². The van der Waals surface area contributed by atoms with Gasteiger partial charge in [-0.15, -0.1) is 0 Å². The third-order valence-electron chi connectivity index (χ3n) is 3.13. The third kappa shape index (κ3) is 4.48. The maximum Gasteiger partial charge on any atom is 0.410 e. The molecule has 0 bridgehead atoms. The number of carbonyl (C=O) groups is 1. The minimum atomic E-state index is -1.04. The minimum Gasteiger partial charge on any atom is -0.453 e. The van der Waals surface area contributed by atoms with Gasteiger partial charge in [0.2, 0.25) is 0 Å². The van der Waals surface area contributed by atoms with Crippen LogP contribution in [0.1, 0.15) is 27.7 Å². The lowest BCUT2D eigenvalue weighted by Crippen LogP contribution is -2.56. The Morgan fingerprint density at radius 3 is 2.55 bits per heavy atom. The number of aliphatic hydroxyl groups excluding tert-OH is 1. The van der Waals surface area contributed by atoms with Crippen LogP contribution in [0, 0.1) is 0 Å². The molecule has 8 heteroatoms. The maximum atomic E-state index is 12.0. The Labute approximate surface area is 139 Å². The van der Waals surface area contributed by atoms with Crippen LogP contribution in [-0.4, -0.2) is 46.0 Å². The zero-order chi connectivity index (χ0) is 17.1. The topological polar surface area (TPSA) is 101 Å². The van der Waals surface area contributed by atoms with E-state index in [0.717, 1.165) is 0 Å². The van der Waals surface area contributed by atoms with Gasteiger partial charge in [0, 0.05) is 5.54 Å². The molecular formula is C14H23BrN4O3. The van der Waals surface area contributed by atoms with Gasteiger partial charge in [-0.25, -0.2) is 9.78 Å². The van der Waals surface area contributed by atoms with Crippen LogP contribution in [0.3, 0.4) is 0 Å². The molecular weight excluding hydrogens is 352 g/mol. The van der Waals surface area contributed by atoms with Gasteiger partial charge in [0.1, 0.15) is 17.9 Å². The predicted molar refractivity (Wildman–Crippen MR) is 89.4 cm³/mol. The van der Waals surface area contributed by atoms with Gasteiger partial charge in [-0.1, -0.05) is 0 Å². The number of halogens is 1. The van der Waals surface area contributed by atoms with E-state index in [0.29, 0.717) is 16.1 Å². The van der Waals surface area contributed by atoms with Gasteiger partial charge in [-0.05, 0) is 55.8 Å². The first-order valence-corrected chi connectivity index (χ1v) is 7.61. The smallest absolute Gasteiger partial charge is 0.410 e. The van der Waals surface area contributed by atoms with Gasteiger partial charge in [-0.3, -0.25) is 4.90 Å². The Bertz CT molecular complexity index is 533. The highest BCUT2D eigenvalue weighted by molar-refractivity contribution is 9.10. The number of hydrogen-bond acceptors (Lipinski definition) is 6. The number of methoxy groups -OCH3 is 1. The van der Waals surface area contributed by atoms with Crippen molar-refractivity contribution in [3.05, 3.63) is 16.6 Å². The molecule has 124 valence electrons. The number of nitrogens with zero attached hydrogens (tertiary/aromatic N) is 2. The molecule has 0 saturated carbocycles. The van der Waals surface area contributed by atoms with Gasteiger partial charge < -0.3 is 20.9 Å². The van der Waals surface area contributed by atoms with E-state index >= 15 is 0 Å². The number of amides is 1. The Balaban J connectivity index is 2.91. The number of rotatable bonds is 4. The van der Waals surface area contributed by atoms with Crippen molar-refractivity contribution in [2.75, 3.05) is 18.2 Å². The van der Waals surface area contributed by atoms with Gasteiger partial charge in [0.05, 0.1) is 17.6 Å². The summed E-state index contributed by atoms with van der Waals surface area (Å²) in [5.74, 6) is 0.726. The molecule has 1 aromatic heterocycles. The van der Waals surface area contributed by atoms with E-state index in [1.54, 1.807) is 19.1 Å². The summed E-state index contributed by atoms with van der Waals surface area (Å²) in [6.45, 7) is 7.32. The molecule has 0 spiro atoms. The fraction of sp³-hybridized carbons (Fsp3) is 0.571. The summed E-state index contributed by atoms with van der Waals surface area (Å²) in [6.07, 6.45) is -1.55. The summed E-state index contributed by atoms with van der Waals surface area (Å²) in [5, 5.41) is 13.2. The molecule has 0 fully saturated rings. The number of ether oxygens (including phenoxy) is 1. The quantitative estimate of drug-likeness (QED) is 0.699. The standard InChI is InChI=1S/C14H23BrN4O3/c1-8(19(13(21)22-5)14(2,3)4)12(20)18-10-7-6-9(15)11(16)17-10/h6-8,12,20H,1-5H3,(H3,16,17,18). The highest BCUT2D eigenvalue weighted by atomic mass is 79.9. The molecule has 7 nitrogen and oxygen atoms in total. The molecule has 0 aliphatic heterocycles. The zero-order valence-electron chi connectivity index (χ0n) is 13.4. The molecule has 2 atom stereocenters. The normalized spacial score (nSPS) is 14.1. The lowest BCUT2D eigenvalue weighted by Gasteiger charge is -2.40. The number of pyridine rings is 1. The SMILES string of the molecule is COC(=O)N(C(C)C(O)Nc1ccc(Br)c(N)n1)C(C)(C)C. The Hall–Kier alpha value is -1.54. The van der Waals surface area contributed by atoms with Crippen molar-refractivity contribution in [2.45, 2.75) is 45.5 Å². The third-order valence-corrected chi connectivity index (χ3v) is 3.80. The fourth-order valence-electron chi connectivity index (χ4n) is 2.10. The minimum absolute atomic E-state index is 0.311. The zero-order valence-corrected chi connectivity index (χ0v) is 15.0. The molecule has 4 N–H and O–H groups in total. The van der Waals surface area contributed by atoms with Gasteiger partial charge in [-0.2, -0.15) is 0 Å². The van der Waals surface area contributed by atoms with Crippen molar-refractivity contribution in [2.24, 2.45) is 0 Å². The first-order valence-electron chi connectivity index (χ1n) is 6.82. The number of anilines is 2. The average molecular weight is 375 g/mol.